The number of fused-ring (bicyclic) bond motifs is 1. The Hall–Kier alpha value is -1.10. The molecule has 0 bridgehead atoms. The fourth-order valence-electron chi connectivity index (χ4n) is 1.21. The van der Waals surface area contributed by atoms with Crippen molar-refractivity contribution in [1.29, 1.82) is 0 Å². The lowest BCUT2D eigenvalue weighted by molar-refractivity contribution is -0.681. The number of hydrogen-bond acceptors (Lipinski definition) is 2. The summed E-state index contributed by atoms with van der Waals surface area (Å²) in [6.45, 7) is 0.394. The summed E-state index contributed by atoms with van der Waals surface area (Å²) in [6.07, 6.45) is 1.07. The number of aromatic nitrogens is 1. The Morgan fingerprint density at radius 1 is 1.62 bits per heavy atom. The average Bonchev–Trinajstić information content (AvgIpc) is 2.46. The number of rotatable bonds is 1. The molecule has 1 aliphatic heterocycles. The van der Waals surface area contributed by atoms with Crippen LogP contribution in [0.4, 0.5) is 0 Å². The number of carboxylic acids is 1. The topological polar surface area (TPSA) is 50.4 Å². The Balaban J connectivity index is 0.000000845. The van der Waals surface area contributed by atoms with Crippen LogP contribution in [-0.2, 0) is 11.3 Å². The van der Waals surface area contributed by atoms with E-state index in [0.29, 0.717) is 12.4 Å². The Labute approximate surface area is 85.5 Å². The van der Waals surface area contributed by atoms with Crippen molar-refractivity contribution in [2.45, 2.75) is 12.6 Å². The van der Waals surface area contributed by atoms with Gasteiger partial charge < -0.3 is 26.8 Å². The zero-order chi connectivity index (χ0) is 8.55. The van der Waals surface area contributed by atoms with E-state index in [-0.39, 0.29) is 17.0 Å². The fourth-order valence-corrected chi connectivity index (χ4v) is 1.21. The van der Waals surface area contributed by atoms with Gasteiger partial charge in [0.2, 0.25) is 0 Å². The highest BCUT2D eigenvalue weighted by atomic mass is 79.9. The molecule has 4 nitrogen and oxygen atoms in total. The number of carbonyl (C=O) groups is 1. The maximum atomic E-state index is 10.5. The molecule has 2 heterocycles. The molecule has 2 rings (SSSR count). The molecule has 0 aliphatic carbocycles. The molecule has 0 fully saturated rings. The molecule has 13 heavy (non-hydrogen) atoms. The molecule has 1 aliphatic rings. The number of carboxylic acid groups (broad SMARTS) is 1. The maximum absolute atomic E-state index is 10.5. The van der Waals surface area contributed by atoms with Crippen LogP contribution in [0.2, 0.25) is 0 Å². The third-order valence-electron chi connectivity index (χ3n) is 1.80. The number of pyridine rings is 1. The highest BCUT2D eigenvalue weighted by molar-refractivity contribution is 5.72. The monoisotopic (exact) mass is 245 g/mol. The summed E-state index contributed by atoms with van der Waals surface area (Å²) in [4.78, 5) is 10.5. The molecule has 70 valence electrons. The largest absolute Gasteiger partial charge is 1.00 e. The average molecular weight is 246 g/mol. The molecule has 5 heteroatoms. The standard InChI is InChI=1S/C8H7NO3.BrH/c10-8(11)6-5-9-4-2-1-3-7(9)12-6;/h1-4,6H,5H2;1H. The van der Waals surface area contributed by atoms with Gasteiger partial charge in [-0.1, -0.05) is 0 Å². The Morgan fingerprint density at radius 2 is 2.38 bits per heavy atom. The molecule has 1 aromatic heterocycles. The van der Waals surface area contributed by atoms with Crippen molar-refractivity contribution in [3.05, 3.63) is 24.4 Å². The van der Waals surface area contributed by atoms with Gasteiger partial charge in [0.25, 0.3) is 6.10 Å². The first-order chi connectivity index (χ1) is 5.77. The SMILES string of the molecule is O=C(O)C1C[n+]2ccccc2O1.[Br-]. The number of hydrogen-bond donors (Lipinski definition) is 1. The van der Waals surface area contributed by atoms with Crippen molar-refractivity contribution >= 4 is 5.97 Å². The fraction of sp³-hybridized carbons (Fsp3) is 0.250. The molecule has 0 aromatic carbocycles. The molecular formula is C8H8BrNO3. The van der Waals surface area contributed by atoms with Gasteiger partial charge in [0.15, 0.2) is 12.7 Å². The van der Waals surface area contributed by atoms with Crippen LogP contribution in [0.5, 0.6) is 5.88 Å². The van der Waals surface area contributed by atoms with Crippen molar-refractivity contribution in [1.82, 2.24) is 0 Å². The molecule has 0 saturated carbocycles. The quantitative estimate of drug-likeness (QED) is 0.532. The zero-order valence-electron chi connectivity index (χ0n) is 6.68. The van der Waals surface area contributed by atoms with Crippen molar-refractivity contribution in [2.24, 2.45) is 0 Å². The van der Waals surface area contributed by atoms with E-state index in [1.54, 1.807) is 16.8 Å². The Kier molecular flexibility index (Phi) is 2.87. The lowest BCUT2D eigenvalue weighted by atomic mass is 10.4. The minimum Gasteiger partial charge on any atom is -1.00 e. The number of ether oxygens (including phenoxy) is 1. The van der Waals surface area contributed by atoms with Gasteiger partial charge in [-0.2, -0.15) is 4.57 Å². The van der Waals surface area contributed by atoms with Crippen molar-refractivity contribution in [3.63, 3.8) is 0 Å². The van der Waals surface area contributed by atoms with Crippen LogP contribution < -0.4 is 26.3 Å². The summed E-state index contributed by atoms with van der Waals surface area (Å²) in [5.41, 5.74) is 0. The smallest absolute Gasteiger partial charge is 0.369 e. The van der Waals surface area contributed by atoms with Crippen LogP contribution >= 0.6 is 0 Å². The van der Waals surface area contributed by atoms with E-state index in [2.05, 4.69) is 0 Å². The number of aliphatic carboxylic acids is 1. The van der Waals surface area contributed by atoms with Crippen molar-refractivity contribution in [2.75, 3.05) is 0 Å². The summed E-state index contributed by atoms with van der Waals surface area (Å²) in [5.74, 6) is -0.302. The first-order valence-corrected chi connectivity index (χ1v) is 3.65. The van der Waals surface area contributed by atoms with E-state index in [9.17, 15) is 4.79 Å². The summed E-state index contributed by atoms with van der Waals surface area (Å²) in [5, 5.41) is 8.65. The highest BCUT2D eigenvalue weighted by Crippen LogP contribution is 2.12. The van der Waals surface area contributed by atoms with Crippen LogP contribution in [0.15, 0.2) is 24.4 Å². The second kappa shape index (κ2) is 3.74. The van der Waals surface area contributed by atoms with E-state index >= 15 is 0 Å². The van der Waals surface area contributed by atoms with Gasteiger partial charge in [-0.05, 0) is 6.07 Å². The third kappa shape index (κ3) is 1.80. The normalized spacial score (nSPS) is 18.3. The lowest BCUT2D eigenvalue weighted by Crippen LogP contribution is -3.00. The van der Waals surface area contributed by atoms with Crippen LogP contribution in [0.25, 0.3) is 0 Å². The van der Waals surface area contributed by atoms with Gasteiger partial charge in [-0.3, -0.25) is 0 Å². The predicted molar refractivity (Wildman–Crippen MR) is 38.7 cm³/mol. The van der Waals surface area contributed by atoms with E-state index in [0.717, 1.165) is 0 Å². The number of halogens is 1. The van der Waals surface area contributed by atoms with Crippen molar-refractivity contribution < 1.29 is 36.2 Å². The first kappa shape index (κ1) is 9.98. The van der Waals surface area contributed by atoms with Gasteiger partial charge in [0.05, 0.1) is 6.07 Å². The molecule has 0 saturated heterocycles. The first-order valence-electron chi connectivity index (χ1n) is 3.65. The van der Waals surface area contributed by atoms with Gasteiger partial charge in [0.1, 0.15) is 0 Å². The maximum Gasteiger partial charge on any atom is 0.369 e. The molecule has 0 radical (unpaired) electrons. The second-order valence-corrected chi connectivity index (χ2v) is 2.64. The Morgan fingerprint density at radius 3 is 3.00 bits per heavy atom. The molecule has 1 N–H and O–H groups in total. The molecular weight excluding hydrogens is 238 g/mol. The van der Waals surface area contributed by atoms with E-state index in [4.69, 9.17) is 9.84 Å². The summed E-state index contributed by atoms with van der Waals surface area (Å²) in [6, 6.07) is 5.41. The molecule has 1 aromatic rings. The number of nitrogens with zero attached hydrogens (tertiary/aromatic N) is 1. The van der Waals surface area contributed by atoms with Gasteiger partial charge in [0, 0.05) is 6.07 Å². The summed E-state index contributed by atoms with van der Waals surface area (Å²) >= 11 is 0. The van der Waals surface area contributed by atoms with Crippen molar-refractivity contribution in [3.8, 4) is 5.88 Å². The summed E-state index contributed by atoms with van der Waals surface area (Å²) in [7, 11) is 0. The van der Waals surface area contributed by atoms with Crippen LogP contribution in [0.1, 0.15) is 0 Å². The van der Waals surface area contributed by atoms with Gasteiger partial charge in [-0.25, -0.2) is 4.79 Å². The lowest BCUT2D eigenvalue weighted by Gasteiger charge is -1.95. The highest BCUT2D eigenvalue weighted by Gasteiger charge is 2.34. The molecule has 1 atom stereocenters. The second-order valence-electron chi connectivity index (χ2n) is 2.64. The van der Waals surface area contributed by atoms with Crippen LogP contribution in [0, 0.1) is 0 Å². The van der Waals surface area contributed by atoms with Crippen LogP contribution in [-0.4, -0.2) is 17.2 Å². The predicted octanol–water partition coefficient (Wildman–Crippen LogP) is -3.18. The summed E-state index contributed by atoms with van der Waals surface area (Å²) < 4.78 is 6.91. The minimum atomic E-state index is -0.918. The minimum absolute atomic E-state index is 0. The zero-order valence-corrected chi connectivity index (χ0v) is 8.27. The molecule has 0 spiro atoms. The van der Waals surface area contributed by atoms with Gasteiger partial charge >= 0.3 is 11.8 Å². The van der Waals surface area contributed by atoms with Crippen LogP contribution in [0.3, 0.4) is 0 Å². The molecule has 0 amide bonds. The van der Waals surface area contributed by atoms with E-state index < -0.39 is 12.1 Å². The van der Waals surface area contributed by atoms with Gasteiger partial charge in [-0.15, -0.1) is 0 Å². The molecule has 1 unspecified atom stereocenters. The van der Waals surface area contributed by atoms with E-state index in [1.807, 2.05) is 12.1 Å². The van der Waals surface area contributed by atoms with E-state index in [1.165, 1.54) is 0 Å². The Bertz CT molecular complexity index is 304. The third-order valence-corrected chi connectivity index (χ3v) is 1.80.